The molecule has 1 nitrogen and oxygen atoms in total. The summed E-state index contributed by atoms with van der Waals surface area (Å²) >= 11 is 9.34. The van der Waals surface area contributed by atoms with Gasteiger partial charge in [-0.2, -0.15) is 0 Å². The smallest absolute Gasteiger partial charge is 0.133 e. The fourth-order valence-electron chi connectivity index (χ4n) is 1.83. The Bertz CT molecular complexity index is 619. The lowest BCUT2D eigenvalue weighted by Gasteiger charge is -2.15. The summed E-state index contributed by atoms with van der Waals surface area (Å²) in [7, 11) is 0. The number of rotatable bonds is 4. The highest BCUT2D eigenvalue weighted by molar-refractivity contribution is 14.1. The van der Waals surface area contributed by atoms with Gasteiger partial charge in [-0.05, 0) is 80.8 Å². The van der Waals surface area contributed by atoms with Crippen molar-refractivity contribution in [1.82, 2.24) is 0 Å². The van der Waals surface area contributed by atoms with Crippen LogP contribution in [0.2, 0.25) is 0 Å². The Hall–Kier alpha value is -0.140. The molecule has 0 N–H and O–H groups in total. The molecule has 2 aromatic rings. The van der Waals surface area contributed by atoms with Crippen molar-refractivity contribution in [3.05, 3.63) is 61.4 Å². The molecule has 5 heteroatoms. The van der Waals surface area contributed by atoms with Crippen molar-refractivity contribution in [2.45, 2.75) is 11.8 Å². The Morgan fingerprint density at radius 2 is 2.00 bits per heavy atom. The number of hydrogen-bond acceptors (Lipinski definition) is 1. The third kappa shape index (κ3) is 3.74. The number of halogens is 4. The van der Waals surface area contributed by atoms with Gasteiger partial charge in [-0.15, -0.1) is 0 Å². The highest BCUT2D eigenvalue weighted by Crippen LogP contribution is 2.37. The van der Waals surface area contributed by atoms with E-state index in [4.69, 9.17) is 4.74 Å². The second-order valence-corrected chi connectivity index (χ2v) is 7.08. The van der Waals surface area contributed by atoms with E-state index in [0.29, 0.717) is 6.61 Å². The van der Waals surface area contributed by atoms with Crippen LogP contribution in [0.1, 0.15) is 22.9 Å². The molecule has 0 radical (unpaired) electrons. The normalized spacial score (nSPS) is 12.2. The van der Waals surface area contributed by atoms with Crippen LogP contribution >= 0.6 is 54.5 Å². The van der Waals surface area contributed by atoms with E-state index >= 15 is 0 Å². The van der Waals surface area contributed by atoms with Crippen molar-refractivity contribution in [3.63, 3.8) is 0 Å². The molecule has 1 unspecified atom stereocenters. The SMILES string of the molecule is CCOc1ccc(C(Br)c2ccc(F)cc2I)cc1Br. The van der Waals surface area contributed by atoms with Crippen LogP contribution in [0.15, 0.2) is 40.9 Å². The highest BCUT2D eigenvalue weighted by Gasteiger charge is 2.15. The number of benzene rings is 2. The lowest BCUT2D eigenvalue weighted by molar-refractivity contribution is 0.338. The van der Waals surface area contributed by atoms with Crippen molar-refractivity contribution in [2.24, 2.45) is 0 Å². The molecule has 0 saturated carbocycles. The summed E-state index contributed by atoms with van der Waals surface area (Å²) in [6, 6.07) is 10.8. The zero-order chi connectivity index (χ0) is 14.7. The first-order chi connectivity index (χ1) is 9.52. The van der Waals surface area contributed by atoms with Crippen LogP contribution in [0.4, 0.5) is 4.39 Å². The molecule has 1 atom stereocenters. The van der Waals surface area contributed by atoms with E-state index in [9.17, 15) is 4.39 Å². The summed E-state index contributed by atoms with van der Waals surface area (Å²) in [5, 5.41) is 0. The van der Waals surface area contributed by atoms with E-state index in [1.165, 1.54) is 12.1 Å². The molecule has 0 amide bonds. The van der Waals surface area contributed by atoms with Gasteiger partial charge in [0.25, 0.3) is 0 Å². The van der Waals surface area contributed by atoms with Crippen molar-refractivity contribution in [3.8, 4) is 5.75 Å². The fourth-order valence-corrected chi connectivity index (χ4v) is 4.25. The van der Waals surface area contributed by atoms with Gasteiger partial charge in [0.15, 0.2) is 0 Å². The summed E-state index contributed by atoms with van der Waals surface area (Å²) in [5.41, 5.74) is 2.13. The third-order valence-corrected chi connectivity index (χ3v) is 5.36. The number of alkyl halides is 1. The maximum Gasteiger partial charge on any atom is 0.133 e. The van der Waals surface area contributed by atoms with E-state index < -0.39 is 0 Å². The van der Waals surface area contributed by atoms with Gasteiger partial charge in [0, 0.05) is 3.57 Å². The van der Waals surface area contributed by atoms with E-state index in [2.05, 4.69) is 54.5 Å². The van der Waals surface area contributed by atoms with Crippen molar-refractivity contribution in [1.29, 1.82) is 0 Å². The predicted molar refractivity (Wildman–Crippen MR) is 95.2 cm³/mol. The second kappa shape index (κ2) is 7.22. The Morgan fingerprint density at radius 1 is 1.25 bits per heavy atom. The lowest BCUT2D eigenvalue weighted by Crippen LogP contribution is -1.98. The summed E-state index contributed by atoms with van der Waals surface area (Å²) in [5.74, 6) is 0.607. The third-order valence-electron chi connectivity index (χ3n) is 2.78. The molecule has 0 aliphatic rings. The molecular formula is C15H12Br2FIO. The highest BCUT2D eigenvalue weighted by atomic mass is 127. The Morgan fingerprint density at radius 3 is 2.60 bits per heavy atom. The summed E-state index contributed by atoms with van der Waals surface area (Å²) in [6.45, 7) is 2.58. The molecule has 0 aliphatic heterocycles. The monoisotopic (exact) mass is 512 g/mol. The summed E-state index contributed by atoms with van der Waals surface area (Å²) < 4.78 is 20.5. The average molecular weight is 514 g/mol. The predicted octanol–water partition coefficient (Wildman–Crippen LogP) is 6.08. The van der Waals surface area contributed by atoms with Crippen LogP contribution < -0.4 is 4.74 Å². The van der Waals surface area contributed by atoms with E-state index in [1.54, 1.807) is 6.07 Å². The maximum absolute atomic E-state index is 13.2. The molecule has 106 valence electrons. The first-order valence-corrected chi connectivity index (χ1v) is 8.83. The van der Waals surface area contributed by atoms with Gasteiger partial charge in [0.05, 0.1) is 15.9 Å². The van der Waals surface area contributed by atoms with Gasteiger partial charge in [0.2, 0.25) is 0 Å². The van der Waals surface area contributed by atoms with E-state index in [0.717, 1.165) is 24.9 Å². The quantitative estimate of drug-likeness (QED) is 0.356. The Balaban J connectivity index is 2.33. The minimum atomic E-state index is -0.217. The largest absolute Gasteiger partial charge is 0.493 e. The first-order valence-electron chi connectivity index (χ1n) is 6.04. The van der Waals surface area contributed by atoms with E-state index in [1.807, 2.05) is 25.1 Å². The fraction of sp³-hybridized carbons (Fsp3) is 0.200. The van der Waals surface area contributed by atoms with Crippen LogP contribution in [0.3, 0.4) is 0 Å². The molecule has 0 heterocycles. The van der Waals surface area contributed by atoms with Crippen molar-refractivity contribution < 1.29 is 9.13 Å². The van der Waals surface area contributed by atoms with Gasteiger partial charge in [-0.1, -0.05) is 28.1 Å². The molecule has 0 fully saturated rings. The zero-order valence-corrected chi connectivity index (χ0v) is 16.0. The van der Waals surface area contributed by atoms with Crippen LogP contribution in [0.5, 0.6) is 5.75 Å². The minimum Gasteiger partial charge on any atom is -0.493 e. The standard InChI is InChI=1S/C15H12Br2FIO/c1-2-20-14-6-3-9(7-12(14)16)15(17)11-5-4-10(18)8-13(11)19/h3-8,15H,2H2,1H3. The Labute approximate surface area is 148 Å². The van der Waals surface area contributed by atoms with Gasteiger partial charge < -0.3 is 4.74 Å². The molecule has 20 heavy (non-hydrogen) atoms. The Kier molecular flexibility index (Phi) is 5.86. The lowest BCUT2D eigenvalue weighted by atomic mass is 10.0. The molecule has 0 aliphatic carbocycles. The maximum atomic E-state index is 13.2. The van der Waals surface area contributed by atoms with Crippen molar-refractivity contribution in [2.75, 3.05) is 6.61 Å². The number of ether oxygens (including phenoxy) is 1. The molecular weight excluding hydrogens is 502 g/mol. The molecule has 2 aromatic carbocycles. The minimum absolute atomic E-state index is 0.0157. The molecule has 0 spiro atoms. The van der Waals surface area contributed by atoms with Crippen LogP contribution in [-0.2, 0) is 0 Å². The number of hydrogen-bond donors (Lipinski definition) is 0. The first kappa shape index (κ1) is 16.2. The molecule has 0 saturated heterocycles. The summed E-state index contributed by atoms with van der Waals surface area (Å²) in [4.78, 5) is 0.0157. The summed E-state index contributed by atoms with van der Waals surface area (Å²) in [6.07, 6.45) is 0. The van der Waals surface area contributed by atoms with Crippen molar-refractivity contribution >= 4 is 54.5 Å². The van der Waals surface area contributed by atoms with Gasteiger partial charge in [-0.3, -0.25) is 0 Å². The van der Waals surface area contributed by atoms with Crippen LogP contribution in [-0.4, -0.2) is 6.61 Å². The van der Waals surface area contributed by atoms with Gasteiger partial charge >= 0.3 is 0 Å². The van der Waals surface area contributed by atoms with Gasteiger partial charge in [-0.25, -0.2) is 4.39 Å². The zero-order valence-electron chi connectivity index (χ0n) is 10.7. The topological polar surface area (TPSA) is 9.23 Å². The van der Waals surface area contributed by atoms with E-state index in [-0.39, 0.29) is 10.6 Å². The van der Waals surface area contributed by atoms with Crippen LogP contribution in [0.25, 0.3) is 0 Å². The molecule has 0 bridgehead atoms. The molecule has 2 rings (SSSR count). The average Bonchev–Trinajstić information content (AvgIpc) is 2.40. The molecule has 0 aromatic heterocycles. The second-order valence-electron chi connectivity index (χ2n) is 4.15. The van der Waals surface area contributed by atoms with Crippen LogP contribution in [0, 0.1) is 9.39 Å². The van der Waals surface area contributed by atoms with Gasteiger partial charge in [0.1, 0.15) is 11.6 Å².